The Labute approximate surface area is 173 Å². The fourth-order valence-corrected chi connectivity index (χ4v) is 3.18. The largest absolute Gasteiger partial charge is 0.466 e. The Morgan fingerprint density at radius 2 is 0.857 bits per heavy atom. The first-order chi connectivity index (χ1) is 13.7. The number of hydrogen-bond donors (Lipinski definition) is 0. The lowest BCUT2D eigenvalue weighted by Gasteiger charge is -2.03. The molecule has 0 spiro atoms. The third-order valence-corrected chi connectivity index (χ3v) is 4.78. The van der Waals surface area contributed by atoms with Crippen molar-refractivity contribution >= 4 is 11.9 Å². The van der Waals surface area contributed by atoms with Crippen LogP contribution < -0.4 is 0 Å². The quantitative estimate of drug-likeness (QED) is 0.127. The molecular formula is C24H44O4. The molecule has 0 aliphatic heterocycles. The van der Waals surface area contributed by atoms with Crippen molar-refractivity contribution in [1.29, 1.82) is 0 Å². The van der Waals surface area contributed by atoms with Gasteiger partial charge in [-0.25, -0.2) is 0 Å². The highest BCUT2D eigenvalue weighted by Gasteiger charge is 2.01. The minimum atomic E-state index is -0.0629. The van der Waals surface area contributed by atoms with Crippen molar-refractivity contribution in [3.05, 3.63) is 12.2 Å². The smallest absolute Gasteiger partial charge is 0.305 e. The van der Waals surface area contributed by atoms with Gasteiger partial charge in [0.05, 0.1) is 13.2 Å². The summed E-state index contributed by atoms with van der Waals surface area (Å²) in [5, 5.41) is 0. The Balaban J connectivity index is 3.17. The van der Waals surface area contributed by atoms with Gasteiger partial charge in [0.2, 0.25) is 0 Å². The van der Waals surface area contributed by atoms with Crippen LogP contribution in [0.15, 0.2) is 12.2 Å². The maximum Gasteiger partial charge on any atom is 0.305 e. The molecule has 0 aliphatic carbocycles. The highest BCUT2D eigenvalue weighted by molar-refractivity contribution is 5.69. The standard InChI is InChI=1S/C24H44O4/c1-3-27-23(25)21-19-17-15-13-11-9-7-5-6-8-10-12-14-16-18-20-22-24(26)28-4-2/h9,11H,3-8,10,12-22H2,1-2H3/b11-9+. The fraction of sp³-hybridized carbons (Fsp3) is 0.833. The number of allylic oxidation sites excluding steroid dienone is 2. The molecule has 4 heteroatoms. The van der Waals surface area contributed by atoms with Gasteiger partial charge in [-0.05, 0) is 52.4 Å². The molecule has 0 aromatic carbocycles. The molecule has 0 saturated heterocycles. The molecule has 0 rings (SSSR count). The van der Waals surface area contributed by atoms with Gasteiger partial charge in [0.1, 0.15) is 0 Å². The molecule has 0 aliphatic rings. The highest BCUT2D eigenvalue weighted by Crippen LogP contribution is 2.12. The van der Waals surface area contributed by atoms with Crippen LogP contribution in [0.2, 0.25) is 0 Å². The third kappa shape index (κ3) is 21.0. The monoisotopic (exact) mass is 396 g/mol. The van der Waals surface area contributed by atoms with E-state index < -0.39 is 0 Å². The summed E-state index contributed by atoms with van der Waals surface area (Å²) in [6.07, 6.45) is 22.5. The van der Waals surface area contributed by atoms with Crippen molar-refractivity contribution in [2.75, 3.05) is 13.2 Å². The summed E-state index contributed by atoms with van der Waals surface area (Å²) in [6, 6.07) is 0. The minimum Gasteiger partial charge on any atom is -0.466 e. The van der Waals surface area contributed by atoms with Crippen molar-refractivity contribution in [3.63, 3.8) is 0 Å². The van der Waals surface area contributed by atoms with Crippen LogP contribution in [-0.2, 0) is 19.1 Å². The van der Waals surface area contributed by atoms with E-state index in [-0.39, 0.29) is 11.9 Å². The SMILES string of the molecule is CCOC(=O)CCCCC/C=C/CCCCCCCCCCCC(=O)OCC. The highest BCUT2D eigenvalue weighted by atomic mass is 16.5. The van der Waals surface area contributed by atoms with Crippen LogP contribution in [0.4, 0.5) is 0 Å². The van der Waals surface area contributed by atoms with Crippen LogP contribution in [-0.4, -0.2) is 25.2 Å². The average Bonchev–Trinajstić information content (AvgIpc) is 2.67. The van der Waals surface area contributed by atoms with E-state index in [1.807, 2.05) is 13.8 Å². The first-order valence-electron chi connectivity index (χ1n) is 11.7. The molecule has 0 aromatic heterocycles. The van der Waals surface area contributed by atoms with E-state index in [0.29, 0.717) is 26.1 Å². The van der Waals surface area contributed by atoms with E-state index in [0.717, 1.165) is 38.5 Å². The molecule has 0 bridgehead atoms. The van der Waals surface area contributed by atoms with E-state index in [1.165, 1.54) is 51.4 Å². The van der Waals surface area contributed by atoms with E-state index in [4.69, 9.17) is 9.47 Å². The zero-order valence-corrected chi connectivity index (χ0v) is 18.5. The van der Waals surface area contributed by atoms with Gasteiger partial charge < -0.3 is 9.47 Å². The summed E-state index contributed by atoms with van der Waals surface area (Å²) in [5.41, 5.74) is 0. The Bertz CT molecular complexity index is 390. The normalized spacial score (nSPS) is 11.1. The predicted octanol–water partition coefficient (Wildman–Crippen LogP) is 6.91. The number of carbonyl (C=O) groups excluding carboxylic acids is 2. The van der Waals surface area contributed by atoms with Crippen LogP contribution in [0.1, 0.15) is 117 Å². The molecule has 164 valence electrons. The molecule has 0 N–H and O–H groups in total. The zero-order valence-electron chi connectivity index (χ0n) is 18.5. The van der Waals surface area contributed by atoms with Gasteiger partial charge in [-0.1, -0.05) is 63.5 Å². The van der Waals surface area contributed by atoms with Gasteiger partial charge in [-0.2, -0.15) is 0 Å². The molecule has 4 nitrogen and oxygen atoms in total. The predicted molar refractivity (Wildman–Crippen MR) is 116 cm³/mol. The summed E-state index contributed by atoms with van der Waals surface area (Å²) in [6.45, 7) is 4.68. The van der Waals surface area contributed by atoms with Crippen molar-refractivity contribution in [2.45, 2.75) is 117 Å². The van der Waals surface area contributed by atoms with E-state index in [2.05, 4.69) is 12.2 Å². The molecule has 0 amide bonds. The lowest BCUT2D eigenvalue weighted by Crippen LogP contribution is -2.03. The topological polar surface area (TPSA) is 52.6 Å². The fourth-order valence-electron chi connectivity index (χ4n) is 3.18. The van der Waals surface area contributed by atoms with Gasteiger partial charge in [-0.15, -0.1) is 0 Å². The van der Waals surface area contributed by atoms with Crippen LogP contribution in [0.3, 0.4) is 0 Å². The maximum absolute atomic E-state index is 11.2. The number of rotatable bonds is 20. The molecule has 0 unspecified atom stereocenters. The van der Waals surface area contributed by atoms with Crippen LogP contribution >= 0.6 is 0 Å². The van der Waals surface area contributed by atoms with E-state index in [9.17, 15) is 9.59 Å². The second-order valence-electron chi connectivity index (χ2n) is 7.40. The molecule has 0 atom stereocenters. The molecule has 0 radical (unpaired) electrons. The van der Waals surface area contributed by atoms with E-state index in [1.54, 1.807) is 0 Å². The third-order valence-electron chi connectivity index (χ3n) is 4.78. The number of unbranched alkanes of at least 4 members (excludes halogenated alkanes) is 12. The van der Waals surface area contributed by atoms with Crippen LogP contribution in [0.25, 0.3) is 0 Å². The Morgan fingerprint density at radius 1 is 0.536 bits per heavy atom. The molecule has 0 fully saturated rings. The Morgan fingerprint density at radius 3 is 1.25 bits per heavy atom. The molecular weight excluding hydrogens is 352 g/mol. The summed E-state index contributed by atoms with van der Waals surface area (Å²) < 4.78 is 9.84. The first-order valence-corrected chi connectivity index (χ1v) is 11.7. The van der Waals surface area contributed by atoms with Gasteiger partial charge in [0.15, 0.2) is 0 Å². The molecule has 0 aromatic rings. The van der Waals surface area contributed by atoms with Crippen molar-refractivity contribution in [3.8, 4) is 0 Å². The van der Waals surface area contributed by atoms with Crippen molar-refractivity contribution < 1.29 is 19.1 Å². The number of ether oxygens (including phenoxy) is 2. The number of esters is 2. The van der Waals surface area contributed by atoms with Gasteiger partial charge in [-0.3, -0.25) is 9.59 Å². The second-order valence-corrected chi connectivity index (χ2v) is 7.40. The Hall–Kier alpha value is -1.32. The minimum absolute atomic E-state index is 0.0504. The van der Waals surface area contributed by atoms with Gasteiger partial charge in [0, 0.05) is 12.8 Å². The first kappa shape index (κ1) is 26.7. The lowest BCUT2D eigenvalue weighted by molar-refractivity contribution is -0.144. The number of carbonyl (C=O) groups is 2. The second kappa shape index (κ2) is 22.0. The molecule has 28 heavy (non-hydrogen) atoms. The Kier molecular flexibility index (Phi) is 20.9. The molecule has 0 heterocycles. The zero-order chi connectivity index (χ0) is 20.7. The summed E-state index contributed by atoms with van der Waals surface area (Å²) in [5.74, 6) is -0.113. The van der Waals surface area contributed by atoms with Crippen molar-refractivity contribution in [1.82, 2.24) is 0 Å². The van der Waals surface area contributed by atoms with Crippen molar-refractivity contribution in [2.24, 2.45) is 0 Å². The average molecular weight is 397 g/mol. The lowest BCUT2D eigenvalue weighted by atomic mass is 10.1. The molecule has 0 saturated carbocycles. The van der Waals surface area contributed by atoms with Crippen LogP contribution in [0.5, 0.6) is 0 Å². The van der Waals surface area contributed by atoms with E-state index >= 15 is 0 Å². The number of hydrogen-bond acceptors (Lipinski definition) is 4. The van der Waals surface area contributed by atoms with Gasteiger partial charge in [0.25, 0.3) is 0 Å². The summed E-state index contributed by atoms with van der Waals surface area (Å²) in [7, 11) is 0. The maximum atomic E-state index is 11.2. The van der Waals surface area contributed by atoms with Gasteiger partial charge >= 0.3 is 11.9 Å². The summed E-state index contributed by atoms with van der Waals surface area (Å²) in [4.78, 5) is 22.4. The van der Waals surface area contributed by atoms with Crippen LogP contribution in [0, 0.1) is 0 Å². The summed E-state index contributed by atoms with van der Waals surface area (Å²) >= 11 is 0.